The van der Waals surface area contributed by atoms with E-state index in [1.54, 1.807) is 50.6 Å². The molecule has 158 valence electrons. The molecule has 2 aromatic carbocycles. The summed E-state index contributed by atoms with van der Waals surface area (Å²) in [6, 6.07) is 12.3. The second-order valence-electron chi connectivity index (χ2n) is 6.39. The molecule has 0 radical (unpaired) electrons. The van der Waals surface area contributed by atoms with Crippen molar-refractivity contribution < 1.29 is 28.9 Å². The molecule has 1 saturated heterocycles. The smallest absolute Gasteiger partial charge is 0.230 e. The van der Waals surface area contributed by atoms with Gasteiger partial charge in [0.1, 0.15) is 5.75 Å². The van der Waals surface area contributed by atoms with Crippen LogP contribution >= 0.6 is 11.8 Å². The van der Waals surface area contributed by atoms with Gasteiger partial charge >= 0.3 is 0 Å². The molecule has 30 heavy (non-hydrogen) atoms. The van der Waals surface area contributed by atoms with E-state index < -0.39 is 11.2 Å². The first-order chi connectivity index (χ1) is 14.4. The number of aliphatic imine (C=N–C) groups is 1. The fourth-order valence-corrected chi connectivity index (χ4v) is 3.94. The van der Waals surface area contributed by atoms with Gasteiger partial charge in [-0.3, -0.25) is 9.69 Å². The number of amides is 1. The molecular weight excluding hydrogens is 408 g/mol. The molecule has 0 aromatic heterocycles. The first-order valence-corrected chi connectivity index (χ1v) is 9.94. The Morgan fingerprint density at radius 1 is 1.10 bits per heavy atom. The highest BCUT2D eigenvalue weighted by Gasteiger charge is 2.33. The van der Waals surface area contributed by atoms with Crippen molar-refractivity contribution in [2.24, 2.45) is 4.99 Å². The standard InChI is InChI=1S/C21H22N2O6S/c1-27-15-7-5-14(6-8-15)22-21-23(19(24)11-18(30-21)20(25)26)12-13-4-9-16(28-2)17(10-13)29-3/h4-10,18H,11-12H2,1-3H3,(H,25,26)/p-1/t18-/m1/s1. The van der Waals surface area contributed by atoms with Crippen LogP contribution in [0.2, 0.25) is 0 Å². The van der Waals surface area contributed by atoms with Gasteiger partial charge < -0.3 is 24.1 Å². The van der Waals surface area contributed by atoms with Crippen molar-refractivity contribution in [1.29, 1.82) is 0 Å². The van der Waals surface area contributed by atoms with Crippen molar-refractivity contribution in [3.63, 3.8) is 0 Å². The highest BCUT2D eigenvalue weighted by Crippen LogP contribution is 2.32. The lowest BCUT2D eigenvalue weighted by molar-refractivity contribution is -0.304. The highest BCUT2D eigenvalue weighted by molar-refractivity contribution is 8.15. The van der Waals surface area contributed by atoms with Gasteiger partial charge in [-0.25, -0.2) is 4.99 Å². The van der Waals surface area contributed by atoms with E-state index in [1.165, 1.54) is 12.0 Å². The van der Waals surface area contributed by atoms with E-state index >= 15 is 0 Å². The SMILES string of the molecule is COc1ccc(N=C2S[C@@H](C(=O)[O-])CC(=O)N2Cc2ccc(OC)c(OC)c2)cc1. The molecule has 1 heterocycles. The molecule has 8 nitrogen and oxygen atoms in total. The Morgan fingerprint density at radius 3 is 2.40 bits per heavy atom. The van der Waals surface area contributed by atoms with Gasteiger partial charge in [0.25, 0.3) is 0 Å². The van der Waals surface area contributed by atoms with E-state index in [1.807, 2.05) is 6.07 Å². The molecule has 0 saturated carbocycles. The Kier molecular flexibility index (Phi) is 6.83. The summed E-state index contributed by atoms with van der Waals surface area (Å²) in [4.78, 5) is 30.1. The minimum absolute atomic E-state index is 0.165. The topological polar surface area (TPSA) is 100 Å². The van der Waals surface area contributed by atoms with Gasteiger partial charge in [0.05, 0.1) is 44.8 Å². The number of carbonyl (C=O) groups excluding carboxylic acids is 2. The van der Waals surface area contributed by atoms with Crippen molar-refractivity contribution in [3.8, 4) is 17.2 Å². The Hall–Kier alpha value is -3.20. The van der Waals surface area contributed by atoms with Crippen molar-refractivity contribution >= 4 is 34.5 Å². The summed E-state index contributed by atoms with van der Waals surface area (Å²) in [5, 5.41) is 10.7. The quantitative estimate of drug-likeness (QED) is 0.663. The van der Waals surface area contributed by atoms with Crippen LogP contribution in [0.4, 0.5) is 5.69 Å². The van der Waals surface area contributed by atoms with E-state index in [2.05, 4.69) is 4.99 Å². The van der Waals surface area contributed by atoms with Crippen LogP contribution < -0.4 is 19.3 Å². The number of carbonyl (C=O) groups is 2. The fourth-order valence-electron chi connectivity index (χ4n) is 2.91. The first-order valence-electron chi connectivity index (χ1n) is 9.06. The predicted molar refractivity (Wildman–Crippen MR) is 111 cm³/mol. The number of benzene rings is 2. The number of rotatable bonds is 7. The number of carboxylic acids is 1. The molecule has 0 unspecified atom stereocenters. The fraction of sp³-hybridized carbons (Fsp3) is 0.286. The van der Waals surface area contributed by atoms with Crippen molar-refractivity contribution in [3.05, 3.63) is 48.0 Å². The molecule has 1 amide bonds. The lowest BCUT2D eigenvalue weighted by Gasteiger charge is -2.32. The van der Waals surface area contributed by atoms with Crippen LogP contribution in [-0.4, -0.2) is 48.5 Å². The first kappa shape index (κ1) is 21.5. The van der Waals surface area contributed by atoms with E-state index in [9.17, 15) is 14.7 Å². The summed E-state index contributed by atoms with van der Waals surface area (Å²) in [6.45, 7) is 0.209. The van der Waals surface area contributed by atoms with Crippen LogP contribution in [-0.2, 0) is 16.1 Å². The van der Waals surface area contributed by atoms with Crippen LogP contribution in [0, 0.1) is 0 Å². The van der Waals surface area contributed by atoms with Gasteiger partial charge in [0.2, 0.25) is 5.91 Å². The Balaban J connectivity index is 1.93. The maximum absolute atomic E-state index is 12.8. The van der Waals surface area contributed by atoms with Gasteiger partial charge in [0.15, 0.2) is 16.7 Å². The molecule has 3 rings (SSSR count). The van der Waals surface area contributed by atoms with Gasteiger partial charge in [-0.05, 0) is 42.0 Å². The summed E-state index contributed by atoms with van der Waals surface area (Å²) in [5.74, 6) is 0.144. The summed E-state index contributed by atoms with van der Waals surface area (Å²) in [5.41, 5.74) is 1.36. The maximum Gasteiger partial charge on any atom is 0.230 e. The van der Waals surface area contributed by atoms with E-state index in [-0.39, 0.29) is 18.9 Å². The molecule has 1 fully saturated rings. The van der Waals surface area contributed by atoms with E-state index in [0.717, 1.165) is 17.3 Å². The van der Waals surface area contributed by atoms with Crippen LogP contribution in [0.15, 0.2) is 47.5 Å². The number of carboxylic acid groups (broad SMARTS) is 1. The predicted octanol–water partition coefficient (Wildman–Crippen LogP) is 1.98. The second-order valence-corrected chi connectivity index (χ2v) is 7.56. The number of nitrogens with zero attached hydrogens (tertiary/aromatic N) is 2. The van der Waals surface area contributed by atoms with Crippen LogP contribution in [0.25, 0.3) is 0 Å². The van der Waals surface area contributed by atoms with Gasteiger partial charge in [0, 0.05) is 6.42 Å². The minimum atomic E-state index is -1.29. The summed E-state index contributed by atoms with van der Waals surface area (Å²) >= 11 is 0.999. The third-order valence-electron chi connectivity index (χ3n) is 4.49. The Labute approximate surface area is 178 Å². The molecule has 1 aliphatic heterocycles. The van der Waals surface area contributed by atoms with Crippen LogP contribution in [0.3, 0.4) is 0 Å². The summed E-state index contributed by atoms with van der Waals surface area (Å²) < 4.78 is 15.7. The maximum atomic E-state index is 12.8. The molecule has 1 atom stereocenters. The van der Waals surface area contributed by atoms with E-state index in [4.69, 9.17) is 14.2 Å². The molecule has 9 heteroatoms. The largest absolute Gasteiger partial charge is 0.549 e. The zero-order chi connectivity index (χ0) is 21.7. The normalized spacial score (nSPS) is 17.7. The lowest BCUT2D eigenvalue weighted by atomic mass is 10.1. The number of thioether (sulfide) groups is 1. The number of aliphatic carboxylic acids is 1. The third-order valence-corrected chi connectivity index (χ3v) is 5.65. The Morgan fingerprint density at radius 2 is 1.80 bits per heavy atom. The van der Waals surface area contributed by atoms with Crippen LogP contribution in [0.5, 0.6) is 17.2 Å². The number of amidine groups is 1. The molecule has 0 bridgehead atoms. The number of hydrogen-bond donors (Lipinski definition) is 0. The zero-order valence-corrected chi connectivity index (χ0v) is 17.6. The minimum Gasteiger partial charge on any atom is -0.549 e. The molecule has 0 aliphatic carbocycles. The molecule has 0 N–H and O–H groups in total. The highest BCUT2D eigenvalue weighted by atomic mass is 32.2. The van der Waals surface area contributed by atoms with Crippen molar-refractivity contribution in [2.45, 2.75) is 18.2 Å². The number of ether oxygens (including phenoxy) is 3. The number of methoxy groups -OCH3 is 3. The molecule has 1 aliphatic rings. The van der Waals surface area contributed by atoms with Crippen molar-refractivity contribution in [2.75, 3.05) is 21.3 Å². The summed E-state index contributed by atoms with van der Waals surface area (Å²) in [7, 11) is 4.64. The average molecular weight is 429 g/mol. The Bertz CT molecular complexity index is 960. The molecule has 2 aromatic rings. The van der Waals surface area contributed by atoms with Gasteiger partial charge in [-0.1, -0.05) is 17.8 Å². The van der Waals surface area contributed by atoms with Gasteiger partial charge in [-0.2, -0.15) is 0 Å². The average Bonchev–Trinajstić information content (AvgIpc) is 2.76. The molecular formula is C21H21N2O6S-. The van der Waals surface area contributed by atoms with Crippen LogP contribution in [0.1, 0.15) is 12.0 Å². The van der Waals surface area contributed by atoms with E-state index in [0.29, 0.717) is 28.1 Å². The third kappa shape index (κ3) is 4.85. The second kappa shape index (κ2) is 9.53. The summed E-state index contributed by atoms with van der Waals surface area (Å²) in [6.07, 6.45) is -0.165. The van der Waals surface area contributed by atoms with Crippen molar-refractivity contribution in [1.82, 2.24) is 4.90 Å². The zero-order valence-electron chi connectivity index (χ0n) is 16.8. The van der Waals surface area contributed by atoms with Gasteiger partial charge in [-0.15, -0.1) is 0 Å². The molecule has 0 spiro atoms. The monoisotopic (exact) mass is 429 g/mol. The lowest BCUT2D eigenvalue weighted by Crippen LogP contribution is -2.47. The number of hydrogen-bond acceptors (Lipinski definition) is 8.